The van der Waals surface area contributed by atoms with Crippen LogP contribution in [0.25, 0.3) is 0 Å². The normalized spacial score (nSPS) is 15.4. The lowest BCUT2D eigenvalue weighted by molar-refractivity contribution is -0.394. The number of non-ortho nitro benzene ring substituents is 2. The van der Waals surface area contributed by atoms with E-state index in [4.69, 9.17) is 16.3 Å². The van der Waals surface area contributed by atoms with Crippen molar-refractivity contribution in [2.45, 2.75) is 38.1 Å². The molecule has 0 fully saturated rings. The predicted octanol–water partition coefficient (Wildman–Crippen LogP) is 6.37. The Labute approximate surface area is 213 Å². The first kappa shape index (κ1) is 25.3. The van der Waals surface area contributed by atoms with Crippen LogP contribution in [0.4, 0.5) is 11.4 Å². The third-order valence-corrected chi connectivity index (χ3v) is 6.40. The Bertz CT molecular complexity index is 1260. The summed E-state index contributed by atoms with van der Waals surface area (Å²) in [4.78, 5) is 21.1. The summed E-state index contributed by atoms with van der Waals surface area (Å²) in [5.41, 5.74) is 2.23. The molecule has 8 nitrogen and oxygen atoms in total. The van der Waals surface area contributed by atoms with Gasteiger partial charge in [-0.05, 0) is 49.1 Å². The van der Waals surface area contributed by atoms with Gasteiger partial charge in [-0.3, -0.25) is 20.2 Å². The van der Waals surface area contributed by atoms with Crippen molar-refractivity contribution in [1.29, 1.82) is 0 Å². The van der Waals surface area contributed by atoms with Gasteiger partial charge in [0.2, 0.25) is 0 Å². The zero-order chi connectivity index (χ0) is 25.7. The number of ether oxygens (including phenoxy) is 1. The average Bonchev–Trinajstić information content (AvgIpc) is 2.86. The highest BCUT2D eigenvalue weighted by atomic mass is 35.5. The number of nitrogens with zero attached hydrogens (tertiary/aromatic N) is 2. The molecule has 2 unspecified atom stereocenters. The fraction of sp³-hybridized carbons (Fsp3) is 0.259. The van der Waals surface area contributed by atoms with E-state index in [-0.39, 0.29) is 23.3 Å². The highest BCUT2D eigenvalue weighted by molar-refractivity contribution is 6.30. The molecule has 9 heteroatoms. The van der Waals surface area contributed by atoms with Gasteiger partial charge in [0, 0.05) is 47.6 Å². The van der Waals surface area contributed by atoms with Gasteiger partial charge < -0.3 is 10.1 Å². The number of rotatable bonds is 10. The van der Waals surface area contributed by atoms with Gasteiger partial charge in [-0.2, -0.15) is 0 Å². The maximum atomic E-state index is 11.2. The van der Waals surface area contributed by atoms with Crippen LogP contribution in [0.3, 0.4) is 0 Å². The van der Waals surface area contributed by atoms with Gasteiger partial charge in [-0.1, -0.05) is 48.0 Å². The van der Waals surface area contributed by atoms with Crippen LogP contribution in [0, 0.1) is 20.2 Å². The fourth-order valence-corrected chi connectivity index (χ4v) is 4.44. The van der Waals surface area contributed by atoms with Gasteiger partial charge in [-0.25, -0.2) is 0 Å². The van der Waals surface area contributed by atoms with Gasteiger partial charge in [0.05, 0.1) is 15.9 Å². The molecule has 4 rings (SSSR count). The number of benzene rings is 3. The van der Waals surface area contributed by atoms with Crippen molar-refractivity contribution < 1.29 is 14.6 Å². The van der Waals surface area contributed by atoms with Gasteiger partial charge in [0.25, 0.3) is 11.4 Å². The maximum absolute atomic E-state index is 11.2. The van der Waals surface area contributed by atoms with E-state index in [0.717, 1.165) is 28.7 Å². The van der Waals surface area contributed by atoms with E-state index < -0.39 is 9.85 Å². The number of nitro groups is 2. The molecule has 1 N–H and O–H groups in total. The van der Waals surface area contributed by atoms with Crippen molar-refractivity contribution in [1.82, 2.24) is 5.32 Å². The van der Waals surface area contributed by atoms with E-state index in [1.165, 1.54) is 12.1 Å². The number of allylic oxidation sites excluding steroid dienone is 1. The fourth-order valence-electron chi connectivity index (χ4n) is 4.28. The number of fused-ring (bicyclic) bond motifs is 1. The average molecular weight is 508 g/mol. The Kier molecular flexibility index (Phi) is 7.97. The second-order valence-corrected chi connectivity index (χ2v) is 9.34. The molecule has 2 atom stereocenters. The summed E-state index contributed by atoms with van der Waals surface area (Å²) in [6, 6.07) is 19.6. The van der Waals surface area contributed by atoms with E-state index in [2.05, 4.69) is 23.5 Å². The molecule has 0 saturated carbocycles. The molecule has 36 heavy (non-hydrogen) atoms. The minimum Gasteiger partial charge on any atom is -0.461 e. The summed E-state index contributed by atoms with van der Waals surface area (Å²) in [5, 5.41) is 26.5. The maximum Gasteiger partial charge on any atom is 0.276 e. The minimum atomic E-state index is -0.605. The molecule has 0 radical (unpaired) electrons. The quantitative estimate of drug-likeness (QED) is 0.252. The van der Waals surface area contributed by atoms with Crippen LogP contribution in [-0.2, 0) is 12.8 Å². The molecule has 0 saturated heterocycles. The Morgan fingerprint density at radius 3 is 2.33 bits per heavy atom. The predicted molar refractivity (Wildman–Crippen MR) is 139 cm³/mol. The summed E-state index contributed by atoms with van der Waals surface area (Å²) >= 11 is 6.22. The van der Waals surface area contributed by atoms with Gasteiger partial charge in [0.1, 0.15) is 11.5 Å². The standard InChI is InChI=1S/C27H26ClN3O5/c1-18(7-8-20-11-23(30(32)33)16-24(12-20)31(34)35)29-17-21-14-25(13-19-5-3-2-4-6-19)36-27-15-22(28)9-10-26(21)27/h2-6,9-12,14-16,18,21,29H,7-8,13,17H2,1H3. The lowest BCUT2D eigenvalue weighted by Crippen LogP contribution is -2.31. The Hall–Kier alpha value is -3.75. The highest BCUT2D eigenvalue weighted by Gasteiger charge is 2.23. The molecule has 1 heterocycles. The van der Waals surface area contributed by atoms with Crippen LogP contribution in [0.15, 0.2) is 78.6 Å². The van der Waals surface area contributed by atoms with E-state index in [0.29, 0.717) is 36.4 Å². The summed E-state index contributed by atoms with van der Waals surface area (Å²) < 4.78 is 6.16. The van der Waals surface area contributed by atoms with Crippen molar-refractivity contribution in [3.8, 4) is 5.75 Å². The second-order valence-electron chi connectivity index (χ2n) is 8.91. The van der Waals surface area contributed by atoms with Crippen molar-refractivity contribution >= 4 is 23.0 Å². The van der Waals surface area contributed by atoms with Crippen LogP contribution >= 0.6 is 11.6 Å². The number of nitrogens with one attached hydrogen (secondary N) is 1. The molecule has 1 aliphatic heterocycles. The van der Waals surface area contributed by atoms with Crippen molar-refractivity contribution in [3.05, 3.63) is 121 Å². The number of hydrogen-bond acceptors (Lipinski definition) is 6. The van der Waals surface area contributed by atoms with Crippen LogP contribution < -0.4 is 10.1 Å². The molecule has 0 spiro atoms. The summed E-state index contributed by atoms with van der Waals surface area (Å²) in [6.07, 6.45) is 3.94. The lowest BCUT2D eigenvalue weighted by Gasteiger charge is -2.27. The van der Waals surface area contributed by atoms with Gasteiger partial charge >= 0.3 is 0 Å². The Morgan fingerprint density at radius 1 is 0.972 bits per heavy atom. The molecule has 1 aliphatic rings. The lowest BCUT2D eigenvalue weighted by atomic mass is 9.93. The van der Waals surface area contributed by atoms with E-state index >= 15 is 0 Å². The molecule has 0 amide bonds. The second kappa shape index (κ2) is 11.3. The molecular formula is C27H26ClN3O5. The van der Waals surface area contributed by atoms with Gasteiger partial charge in [0.15, 0.2) is 0 Å². The van der Waals surface area contributed by atoms with Crippen LogP contribution in [0.2, 0.25) is 5.02 Å². The van der Waals surface area contributed by atoms with E-state index in [1.54, 1.807) is 0 Å². The van der Waals surface area contributed by atoms with Crippen LogP contribution in [-0.4, -0.2) is 22.4 Å². The summed E-state index contributed by atoms with van der Waals surface area (Å²) in [7, 11) is 0. The molecular weight excluding hydrogens is 482 g/mol. The SMILES string of the molecule is CC(CCc1cc([N+](=O)[O-])cc([N+](=O)[O-])c1)NCC1C=C(Cc2ccccc2)Oc2cc(Cl)ccc21. The first-order valence-electron chi connectivity index (χ1n) is 11.7. The third kappa shape index (κ3) is 6.47. The molecule has 0 bridgehead atoms. The first-order chi connectivity index (χ1) is 17.3. The molecule has 186 valence electrons. The zero-order valence-electron chi connectivity index (χ0n) is 19.7. The van der Waals surface area contributed by atoms with Crippen LogP contribution in [0.1, 0.15) is 36.0 Å². The first-order valence-corrected chi connectivity index (χ1v) is 12.0. The minimum absolute atomic E-state index is 0.0751. The summed E-state index contributed by atoms with van der Waals surface area (Å²) in [5.74, 6) is 1.68. The zero-order valence-corrected chi connectivity index (χ0v) is 20.5. The van der Waals surface area contributed by atoms with Crippen molar-refractivity contribution in [2.75, 3.05) is 6.54 Å². The molecule has 0 aliphatic carbocycles. The summed E-state index contributed by atoms with van der Waals surface area (Å²) in [6.45, 7) is 2.69. The van der Waals surface area contributed by atoms with Crippen molar-refractivity contribution in [3.63, 3.8) is 0 Å². The third-order valence-electron chi connectivity index (χ3n) is 6.16. The van der Waals surface area contributed by atoms with E-state index in [9.17, 15) is 20.2 Å². The Balaban J connectivity index is 1.43. The van der Waals surface area contributed by atoms with E-state index in [1.807, 2.05) is 43.3 Å². The van der Waals surface area contributed by atoms with Crippen molar-refractivity contribution in [2.24, 2.45) is 0 Å². The van der Waals surface area contributed by atoms with Crippen LogP contribution in [0.5, 0.6) is 5.75 Å². The smallest absolute Gasteiger partial charge is 0.276 e. The number of hydrogen-bond donors (Lipinski definition) is 1. The number of nitro benzene ring substituents is 2. The topological polar surface area (TPSA) is 108 Å². The highest BCUT2D eigenvalue weighted by Crippen LogP contribution is 2.37. The largest absolute Gasteiger partial charge is 0.461 e. The molecule has 3 aromatic carbocycles. The molecule has 3 aromatic rings. The molecule has 0 aromatic heterocycles. The van der Waals surface area contributed by atoms with Gasteiger partial charge in [-0.15, -0.1) is 0 Å². The number of halogens is 1. The Morgan fingerprint density at radius 2 is 1.67 bits per heavy atom. The number of aryl methyl sites for hydroxylation is 1. The monoisotopic (exact) mass is 507 g/mol.